The third-order valence-electron chi connectivity index (χ3n) is 3.80. The Bertz CT molecular complexity index is 576. The quantitative estimate of drug-likeness (QED) is 0.873. The fourth-order valence-corrected chi connectivity index (χ4v) is 3.39. The van der Waals surface area contributed by atoms with E-state index in [9.17, 15) is 14.7 Å². The Kier molecular flexibility index (Phi) is 4.94. The normalized spacial score (nSPS) is 22.7. The van der Waals surface area contributed by atoms with E-state index in [-0.39, 0.29) is 18.4 Å². The van der Waals surface area contributed by atoms with E-state index in [0.717, 1.165) is 5.56 Å². The predicted octanol–water partition coefficient (Wildman–Crippen LogP) is 3.88. The van der Waals surface area contributed by atoms with Crippen LogP contribution in [0.25, 0.3) is 0 Å². The molecule has 0 saturated carbocycles. The number of hydrogen-bond donors (Lipinski definition) is 1. The zero-order chi connectivity index (χ0) is 15.7. The van der Waals surface area contributed by atoms with Gasteiger partial charge in [-0.2, -0.15) is 0 Å². The van der Waals surface area contributed by atoms with E-state index < -0.39 is 17.9 Å². The average Bonchev–Trinajstić information content (AvgIpc) is 2.40. The van der Waals surface area contributed by atoms with Gasteiger partial charge in [0.25, 0.3) is 0 Å². The molecule has 1 aliphatic heterocycles. The Morgan fingerprint density at radius 1 is 1.48 bits per heavy atom. The van der Waals surface area contributed by atoms with Gasteiger partial charge in [-0.3, -0.25) is 9.59 Å². The van der Waals surface area contributed by atoms with Crippen LogP contribution in [0, 0.1) is 5.92 Å². The molecular weight excluding hydrogens is 358 g/mol. The van der Waals surface area contributed by atoms with Gasteiger partial charge in [0, 0.05) is 16.9 Å². The number of rotatable bonds is 3. The summed E-state index contributed by atoms with van der Waals surface area (Å²) in [5.41, 5.74) is 0.792. The number of hydrogen-bond acceptors (Lipinski definition) is 2. The number of carboxylic acids is 1. The van der Waals surface area contributed by atoms with Gasteiger partial charge in [0.2, 0.25) is 5.91 Å². The van der Waals surface area contributed by atoms with Crippen molar-refractivity contribution in [3.05, 3.63) is 33.3 Å². The fourth-order valence-electron chi connectivity index (χ4n) is 2.87. The van der Waals surface area contributed by atoms with E-state index in [0.29, 0.717) is 15.9 Å². The summed E-state index contributed by atoms with van der Waals surface area (Å²) in [7, 11) is 0. The maximum absolute atomic E-state index is 12.2. The number of nitrogens with zero attached hydrogens (tertiary/aromatic N) is 1. The molecule has 1 aromatic carbocycles. The van der Waals surface area contributed by atoms with E-state index in [1.807, 2.05) is 13.8 Å². The second-order valence-electron chi connectivity index (χ2n) is 5.50. The highest BCUT2D eigenvalue weighted by Crippen LogP contribution is 2.39. The highest BCUT2D eigenvalue weighted by Gasteiger charge is 2.41. The molecule has 0 spiro atoms. The first kappa shape index (κ1) is 16.3. The second kappa shape index (κ2) is 6.36. The standard InChI is InChI=1S/C15H17BrClNO3/c1-8(2)18-13(19)6-4-10(15(20)21)14(18)9-3-5-12(17)11(16)7-9/h3,5,7-8,10,14H,4,6H2,1-2H3,(H,20,21). The van der Waals surface area contributed by atoms with Crippen LogP contribution in [-0.2, 0) is 9.59 Å². The zero-order valence-corrected chi connectivity index (χ0v) is 14.2. The van der Waals surface area contributed by atoms with Crippen molar-refractivity contribution in [1.82, 2.24) is 4.90 Å². The van der Waals surface area contributed by atoms with Gasteiger partial charge in [0.05, 0.1) is 17.0 Å². The minimum absolute atomic E-state index is 0.00132. The Labute approximate surface area is 137 Å². The molecule has 1 fully saturated rings. The van der Waals surface area contributed by atoms with Crippen LogP contribution in [0.3, 0.4) is 0 Å². The number of amides is 1. The predicted molar refractivity (Wildman–Crippen MR) is 84.2 cm³/mol. The van der Waals surface area contributed by atoms with Gasteiger partial charge in [-0.25, -0.2) is 0 Å². The molecule has 6 heteroatoms. The fraction of sp³-hybridized carbons (Fsp3) is 0.467. The van der Waals surface area contributed by atoms with E-state index in [1.54, 1.807) is 23.1 Å². The minimum atomic E-state index is -0.871. The first-order valence-electron chi connectivity index (χ1n) is 6.82. The van der Waals surface area contributed by atoms with E-state index in [4.69, 9.17) is 11.6 Å². The van der Waals surface area contributed by atoms with Crippen LogP contribution in [0.5, 0.6) is 0 Å². The van der Waals surface area contributed by atoms with Gasteiger partial charge >= 0.3 is 5.97 Å². The van der Waals surface area contributed by atoms with Crippen LogP contribution in [-0.4, -0.2) is 27.9 Å². The Balaban J connectivity index is 2.51. The molecule has 4 nitrogen and oxygen atoms in total. The summed E-state index contributed by atoms with van der Waals surface area (Å²) in [4.78, 5) is 25.5. The topological polar surface area (TPSA) is 57.6 Å². The number of halogens is 2. The van der Waals surface area contributed by atoms with Crippen LogP contribution < -0.4 is 0 Å². The first-order valence-corrected chi connectivity index (χ1v) is 7.99. The Hall–Kier alpha value is -1.07. The maximum atomic E-state index is 12.2. The molecule has 1 aromatic rings. The number of carboxylic acid groups (broad SMARTS) is 1. The van der Waals surface area contributed by atoms with Crippen molar-refractivity contribution in [1.29, 1.82) is 0 Å². The Morgan fingerprint density at radius 3 is 2.67 bits per heavy atom. The summed E-state index contributed by atoms with van der Waals surface area (Å²) in [6, 6.07) is 4.80. The largest absolute Gasteiger partial charge is 0.481 e. The van der Waals surface area contributed by atoms with Crippen molar-refractivity contribution in [2.45, 2.75) is 38.8 Å². The van der Waals surface area contributed by atoms with Gasteiger partial charge < -0.3 is 10.0 Å². The van der Waals surface area contributed by atoms with E-state index in [1.165, 1.54) is 0 Å². The lowest BCUT2D eigenvalue weighted by molar-refractivity contribution is -0.153. The van der Waals surface area contributed by atoms with Crippen LogP contribution in [0.15, 0.2) is 22.7 Å². The van der Waals surface area contributed by atoms with Crippen LogP contribution in [0.4, 0.5) is 0 Å². The zero-order valence-electron chi connectivity index (χ0n) is 11.8. The summed E-state index contributed by atoms with van der Waals surface area (Å²) in [5.74, 6) is -1.47. The molecule has 0 aromatic heterocycles. The number of likely N-dealkylation sites (tertiary alicyclic amines) is 1. The van der Waals surface area contributed by atoms with Crippen LogP contribution >= 0.6 is 27.5 Å². The molecule has 0 aliphatic carbocycles. The summed E-state index contributed by atoms with van der Waals surface area (Å²) < 4.78 is 0.701. The Morgan fingerprint density at radius 2 is 2.14 bits per heavy atom. The highest BCUT2D eigenvalue weighted by molar-refractivity contribution is 9.10. The molecule has 1 N–H and O–H groups in total. The number of benzene rings is 1. The summed E-state index contributed by atoms with van der Waals surface area (Å²) in [5, 5.41) is 10.1. The minimum Gasteiger partial charge on any atom is -0.481 e. The van der Waals surface area contributed by atoms with Crippen LogP contribution in [0.2, 0.25) is 5.02 Å². The van der Waals surface area contributed by atoms with Crippen molar-refractivity contribution in [2.75, 3.05) is 0 Å². The third kappa shape index (κ3) is 3.24. The second-order valence-corrected chi connectivity index (χ2v) is 6.76. The number of carbonyl (C=O) groups excluding carboxylic acids is 1. The average molecular weight is 375 g/mol. The lowest BCUT2D eigenvalue weighted by Gasteiger charge is -2.42. The monoisotopic (exact) mass is 373 g/mol. The molecule has 2 atom stereocenters. The van der Waals surface area contributed by atoms with Crippen molar-refractivity contribution in [3.63, 3.8) is 0 Å². The summed E-state index contributed by atoms with van der Waals surface area (Å²) in [6.45, 7) is 3.81. The van der Waals surface area contributed by atoms with Gasteiger partial charge in [0.15, 0.2) is 0 Å². The van der Waals surface area contributed by atoms with Crippen molar-refractivity contribution >= 4 is 39.4 Å². The molecule has 114 valence electrons. The lowest BCUT2D eigenvalue weighted by atomic mass is 9.83. The summed E-state index contributed by atoms with van der Waals surface area (Å²) in [6.07, 6.45) is 0.642. The smallest absolute Gasteiger partial charge is 0.308 e. The maximum Gasteiger partial charge on any atom is 0.308 e. The van der Waals surface area contributed by atoms with E-state index in [2.05, 4.69) is 15.9 Å². The van der Waals surface area contributed by atoms with Crippen molar-refractivity contribution < 1.29 is 14.7 Å². The highest BCUT2D eigenvalue weighted by atomic mass is 79.9. The molecular formula is C15H17BrClNO3. The molecule has 1 amide bonds. The number of aliphatic carboxylic acids is 1. The van der Waals surface area contributed by atoms with Crippen LogP contribution in [0.1, 0.15) is 38.3 Å². The number of piperidine rings is 1. The first-order chi connectivity index (χ1) is 9.82. The van der Waals surface area contributed by atoms with Gasteiger partial charge in [0.1, 0.15) is 0 Å². The SMILES string of the molecule is CC(C)N1C(=O)CCC(C(=O)O)C1c1ccc(Cl)c(Br)c1. The molecule has 0 radical (unpaired) electrons. The number of carbonyl (C=O) groups is 2. The molecule has 1 heterocycles. The van der Waals surface area contributed by atoms with Crippen molar-refractivity contribution in [2.24, 2.45) is 5.92 Å². The van der Waals surface area contributed by atoms with Crippen molar-refractivity contribution in [3.8, 4) is 0 Å². The van der Waals surface area contributed by atoms with Gasteiger partial charge in [-0.1, -0.05) is 17.7 Å². The lowest BCUT2D eigenvalue weighted by Crippen LogP contribution is -2.48. The third-order valence-corrected chi connectivity index (χ3v) is 5.01. The molecule has 1 saturated heterocycles. The molecule has 0 bridgehead atoms. The van der Waals surface area contributed by atoms with Gasteiger partial charge in [-0.15, -0.1) is 0 Å². The molecule has 2 rings (SSSR count). The molecule has 21 heavy (non-hydrogen) atoms. The molecule has 2 unspecified atom stereocenters. The summed E-state index contributed by atoms with van der Waals surface area (Å²) >= 11 is 9.36. The molecule has 1 aliphatic rings. The van der Waals surface area contributed by atoms with E-state index >= 15 is 0 Å². The van der Waals surface area contributed by atoms with Gasteiger partial charge in [-0.05, 0) is 53.9 Å².